The average molecular weight is 537 g/mol. The molecule has 4 aromatic rings. The van der Waals surface area contributed by atoms with Gasteiger partial charge in [-0.05, 0) is 19.1 Å². The van der Waals surface area contributed by atoms with Gasteiger partial charge in [0, 0.05) is 69.7 Å². The largest absolute Gasteiger partial charge is 0.378 e. The zero-order chi connectivity index (χ0) is 26.3. The molecule has 0 aliphatic carbocycles. The van der Waals surface area contributed by atoms with Gasteiger partial charge in [0.1, 0.15) is 5.82 Å². The van der Waals surface area contributed by atoms with Crippen molar-refractivity contribution < 1.29 is 13.2 Å². The molecule has 0 spiro atoms. The van der Waals surface area contributed by atoms with Gasteiger partial charge in [0.2, 0.25) is 10.0 Å². The maximum Gasteiger partial charge on any atom is 0.211 e. The number of benzene rings is 1. The molecule has 0 amide bonds. The van der Waals surface area contributed by atoms with Crippen molar-refractivity contribution >= 4 is 21.5 Å². The lowest BCUT2D eigenvalue weighted by Crippen LogP contribution is -2.47. The first-order chi connectivity index (χ1) is 18.3. The van der Waals surface area contributed by atoms with Crippen molar-refractivity contribution in [2.24, 2.45) is 0 Å². The lowest BCUT2D eigenvalue weighted by molar-refractivity contribution is 0.122. The Bertz CT molecular complexity index is 1550. The minimum absolute atomic E-state index is 0.496. The molecule has 0 saturated carbocycles. The van der Waals surface area contributed by atoms with Crippen molar-refractivity contribution in [1.29, 1.82) is 0 Å². The molecule has 1 aromatic carbocycles. The lowest BCUT2D eigenvalue weighted by atomic mass is 10.1. The van der Waals surface area contributed by atoms with Crippen LogP contribution in [0.1, 0.15) is 11.3 Å². The second-order valence-corrected chi connectivity index (χ2v) is 11.9. The normalized spacial score (nSPS) is 17.9. The molecular formula is C26H32N8O3S. The quantitative estimate of drug-likeness (QED) is 0.368. The van der Waals surface area contributed by atoms with Crippen LogP contribution in [0.25, 0.3) is 22.7 Å². The second kappa shape index (κ2) is 10.1. The summed E-state index contributed by atoms with van der Waals surface area (Å²) >= 11 is 0. The van der Waals surface area contributed by atoms with Crippen LogP contribution < -0.4 is 4.90 Å². The summed E-state index contributed by atoms with van der Waals surface area (Å²) in [6.45, 7) is 7.92. The lowest BCUT2D eigenvalue weighted by Gasteiger charge is -2.32. The maximum atomic E-state index is 11.9. The van der Waals surface area contributed by atoms with E-state index in [-0.39, 0.29) is 0 Å². The highest BCUT2D eigenvalue weighted by Crippen LogP contribution is 2.24. The predicted octanol–water partition coefficient (Wildman–Crippen LogP) is 1.80. The Morgan fingerprint density at radius 3 is 2.47 bits per heavy atom. The van der Waals surface area contributed by atoms with E-state index in [1.807, 2.05) is 39.7 Å². The Morgan fingerprint density at radius 1 is 0.947 bits per heavy atom. The van der Waals surface area contributed by atoms with E-state index < -0.39 is 10.0 Å². The third kappa shape index (κ3) is 5.17. The van der Waals surface area contributed by atoms with Crippen LogP contribution in [-0.4, -0.2) is 101 Å². The SMILES string of the molecule is Cc1cccc(-c2ccn(-c3cc(N4CCOCC4)n4nc(CN5CCN(S(C)(=O)=O)CC5)cc4n3)n2)c1. The van der Waals surface area contributed by atoms with Crippen LogP contribution in [-0.2, 0) is 21.3 Å². The number of anilines is 1. The van der Waals surface area contributed by atoms with Gasteiger partial charge in [-0.2, -0.15) is 19.0 Å². The first-order valence-electron chi connectivity index (χ1n) is 12.9. The van der Waals surface area contributed by atoms with Crippen molar-refractivity contribution in [1.82, 2.24) is 33.6 Å². The van der Waals surface area contributed by atoms with E-state index in [4.69, 9.17) is 19.9 Å². The molecule has 2 aliphatic rings. The van der Waals surface area contributed by atoms with Gasteiger partial charge in [0.15, 0.2) is 11.5 Å². The summed E-state index contributed by atoms with van der Waals surface area (Å²) in [6, 6.07) is 14.4. The minimum atomic E-state index is -3.16. The number of nitrogens with zero attached hydrogens (tertiary/aromatic N) is 8. The van der Waals surface area contributed by atoms with E-state index in [9.17, 15) is 8.42 Å². The predicted molar refractivity (Wildman–Crippen MR) is 145 cm³/mol. The Balaban J connectivity index is 1.31. The molecule has 12 heteroatoms. The Labute approximate surface area is 222 Å². The number of sulfonamides is 1. The van der Waals surface area contributed by atoms with Gasteiger partial charge >= 0.3 is 0 Å². The molecular weight excluding hydrogens is 504 g/mol. The molecule has 5 heterocycles. The molecule has 0 radical (unpaired) electrons. The van der Waals surface area contributed by atoms with E-state index in [1.165, 1.54) is 16.1 Å². The number of ether oxygens (including phenoxy) is 1. The number of hydrogen-bond donors (Lipinski definition) is 0. The fraction of sp³-hybridized carbons (Fsp3) is 0.423. The summed E-state index contributed by atoms with van der Waals surface area (Å²) in [6.07, 6.45) is 3.21. The highest BCUT2D eigenvalue weighted by atomic mass is 32.2. The van der Waals surface area contributed by atoms with E-state index in [1.54, 1.807) is 0 Å². The Morgan fingerprint density at radius 2 is 1.74 bits per heavy atom. The molecule has 2 fully saturated rings. The van der Waals surface area contributed by atoms with Crippen molar-refractivity contribution in [3.8, 4) is 17.1 Å². The summed E-state index contributed by atoms with van der Waals surface area (Å²) in [5, 5.41) is 9.75. The molecule has 2 aliphatic heterocycles. The highest BCUT2D eigenvalue weighted by Gasteiger charge is 2.25. The van der Waals surface area contributed by atoms with Gasteiger partial charge in [0.25, 0.3) is 0 Å². The van der Waals surface area contributed by atoms with Gasteiger partial charge in [-0.3, -0.25) is 4.90 Å². The monoisotopic (exact) mass is 536 g/mol. The third-order valence-electron chi connectivity index (χ3n) is 7.10. The van der Waals surface area contributed by atoms with E-state index >= 15 is 0 Å². The number of rotatable bonds is 6. The third-order valence-corrected chi connectivity index (χ3v) is 8.41. The molecule has 2 saturated heterocycles. The molecule has 38 heavy (non-hydrogen) atoms. The average Bonchev–Trinajstić information content (AvgIpc) is 3.56. The minimum Gasteiger partial charge on any atom is -0.378 e. The molecule has 0 bridgehead atoms. The van der Waals surface area contributed by atoms with Crippen molar-refractivity contribution in [2.75, 3.05) is 63.6 Å². The zero-order valence-electron chi connectivity index (χ0n) is 21.7. The summed E-state index contributed by atoms with van der Waals surface area (Å²) < 4.78 is 34.6. The van der Waals surface area contributed by atoms with Crippen LogP contribution in [0.5, 0.6) is 0 Å². The smallest absolute Gasteiger partial charge is 0.211 e. The first kappa shape index (κ1) is 25.0. The molecule has 0 atom stereocenters. The van der Waals surface area contributed by atoms with Crippen molar-refractivity contribution in [3.63, 3.8) is 0 Å². The number of aryl methyl sites for hydroxylation is 1. The van der Waals surface area contributed by atoms with E-state index in [0.717, 1.165) is 47.3 Å². The number of hydrogen-bond acceptors (Lipinski definition) is 8. The van der Waals surface area contributed by atoms with Crippen LogP contribution >= 0.6 is 0 Å². The van der Waals surface area contributed by atoms with Crippen molar-refractivity contribution in [2.45, 2.75) is 13.5 Å². The number of piperazine rings is 1. The molecule has 0 unspecified atom stereocenters. The standard InChI is InChI=1S/C26H32N8O3S/c1-20-4-3-5-21(16-20)23-6-7-33(29-23)24-18-26(31-12-14-37-15-13-31)34-25(27-24)17-22(28-34)19-30-8-10-32(11-9-30)38(2,35)36/h3-7,16-18H,8-15,19H2,1-2H3. The second-order valence-electron chi connectivity index (χ2n) is 9.93. The van der Waals surface area contributed by atoms with Gasteiger partial charge < -0.3 is 9.64 Å². The number of aromatic nitrogens is 5. The highest BCUT2D eigenvalue weighted by molar-refractivity contribution is 7.88. The molecule has 3 aromatic heterocycles. The van der Waals surface area contributed by atoms with Gasteiger partial charge in [0.05, 0.1) is 30.9 Å². The molecule has 6 rings (SSSR count). The summed E-state index contributed by atoms with van der Waals surface area (Å²) in [7, 11) is -3.16. The summed E-state index contributed by atoms with van der Waals surface area (Å²) in [5.41, 5.74) is 4.81. The first-order valence-corrected chi connectivity index (χ1v) is 14.7. The zero-order valence-corrected chi connectivity index (χ0v) is 22.5. The van der Waals surface area contributed by atoms with E-state index in [0.29, 0.717) is 45.9 Å². The summed E-state index contributed by atoms with van der Waals surface area (Å²) in [4.78, 5) is 9.43. The number of morpholine rings is 1. The van der Waals surface area contributed by atoms with Crippen LogP contribution in [0.2, 0.25) is 0 Å². The molecule has 200 valence electrons. The van der Waals surface area contributed by atoms with Crippen LogP contribution in [0.3, 0.4) is 0 Å². The number of fused-ring (bicyclic) bond motifs is 1. The fourth-order valence-electron chi connectivity index (χ4n) is 5.06. The summed E-state index contributed by atoms with van der Waals surface area (Å²) in [5.74, 6) is 1.68. The fourth-order valence-corrected chi connectivity index (χ4v) is 5.89. The Hall–Kier alpha value is -3.32. The van der Waals surface area contributed by atoms with Crippen LogP contribution in [0, 0.1) is 6.92 Å². The maximum absolute atomic E-state index is 11.9. The van der Waals surface area contributed by atoms with Crippen LogP contribution in [0.15, 0.2) is 48.7 Å². The van der Waals surface area contributed by atoms with Gasteiger partial charge in [-0.1, -0.05) is 23.8 Å². The topological polar surface area (TPSA) is 101 Å². The van der Waals surface area contributed by atoms with Gasteiger partial charge in [-0.15, -0.1) is 0 Å². The van der Waals surface area contributed by atoms with E-state index in [2.05, 4.69) is 34.9 Å². The van der Waals surface area contributed by atoms with Crippen molar-refractivity contribution in [3.05, 3.63) is 59.9 Å². The van der Waals surface area contributed by atoms with Gasteiger partial charge in [-0.25, -0.2) is 18.1 Å². The Kier molecular flexibility index (Phi) is 6.64. The van der Waals surface area contributed by atoms with Crippen LogP contribution in [0.4, 0.5) is 5.82 Å². The molecule has 0 N–H and O–H groups in total. The molecule has 11 nitrogen and oxygen atoms in total.